The third-order valence-electron chi connectivity index (χ3n) is 4.04. The number of aromatic nitrogens is 1. The molecule has 0 aliphatic carbocycles. The Hall–Kier alpha value is -2.54. The summed E-state index contributed by atoms with van der Waals surface area (Å²) in [7, 11) is 0. The average Bonchev–Trinajstić information content (AvgIpc) is 2.54. The second-order valence-electron chi connectivity index (χ2n) is 5.87. The van der Waals surface area contributed by atoms with E-state index in [0.717, 1.165) is 22.3 Å². The van der Waals surface area contributed by atoms with E-state index in [1.165, 1.54) is 0 Å². The van der Waals surface area contributed by atoms with Crippen molar-refractivity contribution in [2.45, 2.75) is 13.8 Å². The van der Waals surface area contributed by atoms with Crippen LogP contribution in [0.5, 0.6) is 0 Å². The summed E-state index contributed by atoms with van der Waals surface area (Å²) in [6, 6.07) is 15.3. The molecule has 124 valence electrons. The van der Waals surface area contributed by atoms with Crippen molar-refractivity contribution in [1.29, 1.82) is 5.26 Å². The van der Waals surface area contributed by atoms with Gasteiger partial charge in [0, 0.05) is 16.1 Å². The van der Waals surface area contributed by atoms with Crippen LogP contribution >= 0.6 is 23.2 Å². The number of pyridine rings is 1. The number of hydrogen-bond donors (Lipinski definition) is 1. The van der Waals surface area contributed by atoms with Gasteiger partial charge < -0.3 is 5.73 Å². The Morgan fingerprint density at radius 1 is 0.960 bits per heavy atom. The van der Waals surface area contributed by atoms with Crippen LogP contribution in [-0.4, -0.2) is 4.98 Å². The van der Waals surface area contributed by atoms with E-state index in [0.29, 0.717) is 26.9 Å². The van der Waals surface area contributed by atoms with Gasteiger partial charge in [0.05, 0.1) is 10.7 Å². The first kappa shape index (κ1) is 17.3. The lowest BCUT2D eigenvalue weighted by atomic mass is 9.94. The van der Waals surface area contributed by atoms with Gasteiger partial charge in [-0.05, 0) is 49.2 Å². The molecule has 0 amide bonds. The lowest BCUT2D eigenvalue weighted by Gasteiger charge is -2.13. The number of anilines is 1. The van der Waals surface area contributed by atoms with Crippen LogP contribution in [0.1, 0.15) is 16.7 Å². The molecule has 0 atom stereocenters. The largest absolute Gasteiger partial charge is 0.383 e. The molecule has 0 unspecified atom stereocenters. The van der Waals surface area contributed by atoms with Gasteiger partial charge in [0.2, 0.25) is 0 Å². The summed E-state index contributed by atoms with van der Waals surface area (Å²) >= 11 is 12.3. The van der Waals surface area contributed by atoms with E-state index < -0.39 is 0 Å². The quantitative estimate of drug-likeness (QED) is 0.622. The van der Waals surface area contributed by atoms with E-state index in [9.17, 15) is 5.26 Å². The van der Waals surface area contributed by atoms with Crippen molar-refractivity contribution in [2.75, 3.05) is 5.73 Å². The molecule has 3 nitrogen and oxygen atoms in total. The highest BCUT2D eigenvalue weighted by Gasteiger charge is 2.16. The molecular weight excluding hydrogens is 353 g/mol. The fraction of sp³-hybridized carbons (Fsp3) is 0.100. The van der Waals surface area contributed by atoms with Crippen molar-refractivity contribution in [1.82, 2.24) is 4.98 Å². The second-order valence-corrected chi connectivity index (χ2v) is 6.71. The number of nitrogen functional groups attached to an aromatic ring is 1. The number of nitriles is 1. The number of halogens is 2. The molecule has 0 spiro atoms. The van der Waals surface area contributed by atoms with Gasteiger partial charge in [-0.2, -0.15) is 5.26 Å². The molecule has 0 aliphatic rings. The Morgan fingerprint density at radius 2 is 1.68 bits per heavy atom. The number of aryl methyl sites for hydroxylation is 2. The summed E-state index contributed by atoms with van der Waals surface area (Å²) in [6.45, 7) is 4.04. The first-order chi connectivity index (χ1) is 11.9. The predicted octanol–water partition coefficient (Wildman–Crippen LogP) is 5.79. The van der Waals surface area contributed by atoms with Crippen LogP contribution in [0.2, 0.25) is 10.0 Å². The number of nitrogens with two attached hydrogens (primary N) is 1. The molecule has 0 saturated carbocycles. The maximum absolute atomic E-state index is 9.54. The number of rotatable bonds is 2. The number of hydrogen-bond acceptors (Lipinski definition) is 3. The van der Waals surface area contributed by atoms with Crippen molar-refractivity contribution in [3.8, 4) is 28.5 Å². The van der Waals surface area contributed by atoms with Gasteiger partial charge in [0.25, 0.3) is 0 Å². The zero-order valence-corrected chi connectivity index (χ0v) is 15.3. The van der Waals surface area contributed by atoms with Crippen LogP contribution < -0.4 is 5.73 Å². The van der Waals surface area contributed by atoms with E-state index in [1.54, 1.807) is 18.2 Å². The summed E-state index contributed by atoms with van der Waals surface area (Å²) in [6.07, 6.45) is 0. The van der Waals surface area contributed by atoms with E-state index in [1.807, 2.05) is 32.0 Å². The van der Waals surface area contributed by atoms with Gasteiger partial charge in [-0.3, -0.25) is 0 Å². The SMILES string of the molecule is Cc1ccc(-c2cc(-c3ccc(Cl)cc3Cl)nc(N)c2C#N)c(C)c1. The van der Waals surface area contributed by atoms with E-state index >= 15 is 0 Å². The highest BCUT2D eigenvalue weighted by atomic mass is 35.5. The standard InChI is InChI=1S/C20H15Cl2N3/c1-11-3-5-14(12(2)7-11)16-9-19(25-20(24)17(16)10-23)15-6-4-13(21)8-18(15)22/h3-9H,1-2H3,(H2,24,25). The molecular formula is C20H15Cl2N3. The van der Waals surface area contributed by atoms with Crippen LogP contribution in [0.3, 0.4) is 0 Å². The highest BCUT2D eigenvalue weighted by Crippen LogP contribution is 2.36. The number of nitrogens with zero attached hydrogens (tertiary/aromatic N) is 2. The summed E-state index contributed by atoms with van der Waals surface area (Å²) < 4.78 is 0. The van der Waals surface area contributed by atoms with Gasteiger partial charge >= 0.3 is 0 Å². The van der Waals surface area contributed by atoms with Crippen LogP contribution in [-0.2, 0) is 0 Å². The Kier molecular flexibility index (Phi) is 4.67. The lowest BCUT2D eigenvalue weighted by Crippen LogP contribution is -2.00. The maximum atomic E-state index is 9.54. The second kappa shape index (κ2) is 6.76. The van der Waals surface area contributed by atoms with Crippen molar-refractivity contribution in [3.63, 3.8) is 0 Å². The molecule has 2 aromatic carbocycles. The van der Waals surface area contributed by atoms with Crippen molar-refractivity contribution < 1.29 is 0 Å². The molecule has 0 radical (unpaired) electrons. The minimum absolute atomic E-state index is 0.181. The van der Waals surface area contributed by atoms with Crippen LogP contribution in [0.15, 0.2) is 42.5 Å². The smallest absolute Gasteiger partial charge is 0.142 e. The van der Waals surface area contributed by atoms with E-state index in [4.69, 9.17) is 28.9 Å². The summed E-state index contributed by atoms with van der Waals surface area (Å²) in [5, 5.41) is 10.6. The molecule has 25 heavy (non-hydrogen) atoms. The average molecular weight is 368 g/mol. The van der Waals surface area contributed by atoms with Crippen molar-refractivity contribution in [2.24, 2.45) is 0 Å². The molecule has 1 aromatic heterocycles. The van der Waals surface area contributed by atoms with Gasteiger partial charge in [0.15, 0.2) is 0 Å². The van der Waals surface area contributed by atoms with E-state index in [2.05, 4.69) is 17.1 Å². The van der Waals surface area contributed by atoms with Gasteiger partial charge in [-0.25, -0.2) is 4.98 Å². The molecule has 0 saturated heterocycles. The fourth-order valence-electron chi connectivity index (χ4n) is 2.85. The summed E-state index contributed by atoms with van der Waals surface area (Å²) in [5.41, 5.74) is 11.7. The molecule has 2 N–H and O–H groups in total. The number of benzene rings is 2. The van der Waals surface area contributed by atoms with Crippen molar-refractivity contribution in [3.05, 3.63) is 69.2 Å². The zero-order chi connectivity index (χ0) is 18.1. The normalized spacial score (nSPS) is 10.5. The highest BCUT2D eigenvalue weighted by molar-refractivity contribution is 6.36. The molecule has 0 aliphatic heterocycles. The maximum Gasteiger partial charge on any atom is 0.142 e. The van der Waals surface area contributed by atoms with Crippen LogP contribution in [0, 0.1) is 25.2 Å². The first-order valence-electron chi connectivity index (χ1n) is 7.64. The summed E-state index contributed by atoms with van der Waals surface area (Å²) in [4.78, 5) is 4.37. The van der Waals surface area contributed by atoms with Gasteiger partial charge in [-0.1, -0.05) is 47.0 Å². The molecule has 3 rings (SSSR count). The Balaban J connectivity index is 2.28. The lowest BCUT2D eigenvalue weighted by molar-refractivity contribution is 1.30. The molecule has 0 fully saturated rings. The molecule has 5 heteroatoms. The fourth-order valence-corrected chi connectivity index (χ4v) is 3.35. The van der Waals surface area contributed by atoms with Crippen LogP contribution in [0.25, 0.3) is 22.4 Å². The van der Waals surface area contributed by atoms with Crippen molar-refractivity contribution >= 4 is 29.0 Å². The predicted molar refractivity (Wildman–Crippen MR) is 104 cm³/mol. The first-order valence-corrected chi connectivity index (χ1v) is 8.40. The Bertz CT molecular complexity index is 1020. The van der Waals surface area contributed by atoms with Crippen LogP contribution in [0.4, 0.5) is 5.82 Å². The van der Waals surface area contributed by atoms with Gasteiger partial charge in [0.1, 0.15) is 17.5 Å². The minimum Gasteiger partial charge on any atom is -0.383 e. The molecule has 3 aromatic rings. The molecule has 0 bridgehead atoms. The molecule has 1 heterocycles. The minimum atomic E-state index is 0.181. The topological polar surface area (TPSA) is 62.7 Å². The Morgan fingerprint density at radius 3 is 2.32 bits per heavy atom. The Labute approximate surface area is 156 Å². The third-order valence-corrected chi connectivity index (χ3v) is 4.59. The van der Waals surface area contributed by atoms with Gasteiger partial charge in [-0.15, -0.1) is 0 Å². The monoisotopic (exact) mass is 367 g/mol. The zero-order valence-electron chi connectivity index (χ0n) is 13.8. The third kappa shape index (κ3) is 3.32. The van der Waals surface area contributed by atoms with E-state index in [-0.39, 0.29) is 5.82 Å². The summed E-state index contributed by atoms with van der Waals surface area (Å²) in [5.74, 6) is 0.181.